The molecule has 30 heavy (non-hydrogen) atoms. The van der Waals surface area contributed by atoms with Crippen LogP contribution in [-0.2, 0) is 11.3 Å². The number of carbonyl (C=O) groups excluding carboxylic acids is 2. The van der Waals surface area contributed by atoms with E-state index in [4.69, 9.17) is 11.6 Å². The number of pyridine rings is 1. The van der Waals surface area contributed by atoms with Gasteiger partial charge in [-0.3, -0.25) is 9.59 Å². The first-order valence-corrected chi connectivity index (χ1v) is 10.3. The molecule has 7 nitrogen and oxygen atoms in total. The predicted molar refractivity (Wildman–Crippen MR) is 113 cm³/mol. The third-order valence-corrected chi connectivity index (χ3v) is 5.44. The van der Waals surface area contributed by atoms with E-state index in [9.17, 15) is 9.59 Å². The van der Waals surface area contributed by atoms with E-state index in [0.717, 1.165) is 18.4 Å². The van der Waals surface area contributed by atoms with Gasteiger partial charge in [-0.1, -0.05) is 11.6 Å². The Labute approximate surface area is 179 Å². The summed E-state index contributed by atoms with van der Waals surface area (Å²) in [5.41, 5.74) is 1.53. The van der Waals surface area contributed by atoms with Gasteiger partial charge >= 0.3 is 0 Å². The fourth-order valence-electron chi connectivity index (χ4n) is 3.58. The molecular weight excluding hydrogens is 402 g/mol. The van der Waals surface area contributed by atoms with Crippen molar-refractivity contribution in [1.82, 2.24) is 25.0 Å². The van der Waals surface area contributed by atoms with Gasteiger partial charge in [-0.05, 0) is 60.9 Å². The maximum absolute atomic E-state index is 12.7. The lowest BCUT2D eigenvalue weighted by Gasteiger charge is -2.32. The fraction of sp³-hybridized carbons (Fsp3) is 0.273. The molecule has 154 valence electrons. The molecule has 0 aliphatic carbocycles. The van der Waals surface area contributed by atoms with Crippen LogP contribution in [0.15, 0.2) is 61.1 Å². The highest BCUT2D eigenvalue weighted by Gasteiger charge is 2.28. The second kappa shape index (κ2) is 9.09. The summed E-state index contributed by atoms with van der Waals surface area (Å²) >= 11 is 5.90. The van der Waals surface area contributed by atoms with Crippen LogP contribution in [0.4, 0.5) is 0 Å². The number of hydrogen-bond donors (Lipinski definition) is 1. The van der Waals surface area contributed by atoms with Gasteiger partial charge in [-0.2, -0.15) is 5.10 Å². The van der Waals surface area contributed by atoms with E-state index >= 15 is 0 Å². The zero-order valence-corrected chi connectivity index (χ0v) is 17.1. The van der Waals surface area contributed by atoms with Crippen molar-refractivity contribution in [3.05, 3.63) is 77.2 Å². The lowest BCUT2D eigenvalue weighted by atomic mass is 9.96. The van der Waals surface area contributed by atoms with Crippen molar-refractivity contribution in [2.45, 2.75) is 19.4 Å². The summed E-state index contributed by atoms with van der Waals surface area (Å²) in [6.45, 7) is 1.47. The normalized spacial score (nSPS) is 16.3. The number of rotatable bonds is 5. The van der Waals surface area contributed by atoms with Crippen molar-refractivity contribution < 1.29 is 9.59 Å². The highest BCUT2D eigenvalue weighted by molar-refractivity contribution is 6.30. The van der Waals surface area contributed by atoms with E-state index in [2.05, 4.69) is 15.4 Å². The van der Waals surface area contributed by atoms with E-state index in [1.54, 1.807) is 46.2 Å². The molecule has 8 heteroatoms. The van der Waals surface area contributed by atoms with Crippen molar-refractivity contribution >= 4 is 23.4 Å². The molecule has 4 rings (SSSR count). The Balaban J connectivity index is 1.35. The van der Waals surface area contributed by atoms with Gasteiger partial charge in [0, 0.05) is 48.8 Å². The van der Waals surface area contributed by atoms with Gasteiger partial charge in [0.15, 0.2) is 5.82 Å². The molecule has 1 N–H and O–H groups in total. The summed E-state index contributed by atoms with van der Waals surface area (Å²) in [5, 5.41) is 7.76. The first-order chi connectivity index (χ1) is 14.6. The Morgan fingerprint density at radius 3 is 2.77 bits per heavy atom. The number of halogens is 1. The molecule has 0 saturated carbocycles. The summed E-state index contributed by atoms with van der Waals surface area (Å²) in [7, 11) is 0. The number of likely N-dealkylation sites (tertiary alicyclic amines) is 1. The number of aromatic nitrogens is 3. The van der Waals surface area contributed by atoms with Gasteiger partial charge in [-0.15, -0.1) is 0 Å². The van der Waals surface area contributed by atoms with Gasteiger partial charge in [0.2, 0.25) is 5.91 Å². The van der Waals surface area contributed by atoms with Crippen LogP contribution < -0.4 is 5.32 Å². The molecule has 0 radical (unpaired) electrons. The Morgan fingerprint density at radius 2 is 2.00 bits per heavy atom. The number of carbonyl (C=O) groups is 2. The average Bonchev–Trinajstić information content (AvgIpc) is 3.33. The first kappa shape index (κ1) is 20.1. The van der Waals surface area contributed by atoms with Crippen LogP contribution in [0.5, 0.6) is 0 Å². The topological polar surface area (TPSA) is 80.1 Å². The van der Waals surface area contributed by atoms with Crippen molar-refractivity contribution in [3.8, 4) is 5.82 Å². The summed E-state index contributed by atoms with van der Waals surface area (Å²) in [4.78, 5) is 31.5. The minimum Gasteiger partial charge on any atom is -0.352 e. The highest BCUT2D eigenvalue weighted by atomic mass is 35.5. The summed E-state index contributed by atoms with van der Waals surface area (Å²) in [5.74, 6) is 0.370. The zero-order chi connectivity index (χ0) is 20.9. The smallest absolute Gasteiger partial charge is 0.253 e. The van der Waals surface area contributed by atoms with E-state index in [1.807, 2.05) is 24.4 Å². The molecule has 0 spiro atoms. The van der Waals surface area contributed by atoms with Gasteiger partial charge in [0.05, 0.1) is 5.92 Å². The number of nitrogens with zero attached hydrogens (tertiary/aromatic N) is 4. The first-order valence-electron chi connectivity index (χ1n) is 9.87. The minimum absolute atomic E-state index is 0.0407. The fourth-order valence-corrected chi connectivity index (χ4v) is 3.71. The number of piperidine rings is 1. The zero-order valence-electron chi connectivity index (χ0n) is 16.4. The molecule has 1 aromatic carbocycles. The monoisotopic (exact) mass is 423 g/mol. The lowest BCUT2D eigenvalue weighted by molar-refractivity contribution is -0.126. The number of nitrogens with one attached hydrogen (secondary N) is 1. The molecule has 2 aromatic heterocycles. The van der Waals surface area contributed by atoms with E-state index in [0.29, 0.717) is 36.0 Å². The van der Waals surface area contributed by atoms with Gasteiger partial charge in [0.1, 0.15) is 0 Å². The molecule has 0 bridgehead atoms. The summed E-state index contributed by atoms with van der Waals surface area (Å²) < 4.78 is 1.67. The van der Waals surface area contributed by atoms with Crippen LogP contribution in [0.1, 0.15) is 28.8 Å². The molecule has 1 saturated heterocycles. The van der Waals surface area contributed by atoms with Gasteiger partial charge in [0.25, 0.3) is 5.91 Å². The van der Waals surface area contributed by atoms with Crippen molar-refractivity contribution in [3.63, 3.8) is 0 Å². The molecule has 3 heterocycles. The van der Waals surface area contributed by atoms with Crippen LogP contribution in [-0.4, -0.2) is 44.6 Å². The largest absolute Gasteiger partial charge is 0.352 e. The van der Waals surface area contributed by atoms with E-state index in [1.165, 1.54) is 0 Å². The minimum atomic E-state index is -0.220. The SMILES string of the molecule is O=C(NCc1ccnc(-n2cccn2)c1)C1CCCN(C(=O)c2ccc(Cl)cc2)C1. The van der Waals surface area contributed by atoms with Gasteiger partial charge in [-0.25, -0.2) is 9.67 Å². The Hall–Kier alpha value is -3.19. The molecule has 1 fully saturated rings. The predicted octanol–water partition coefficient (Wildman–Crippen LogP) is 3.09. The third-order valence-electron chi connectivity index (χ3n) is 5.19. The summed E-state index contributed by atoms with van der Waals surface area (Å²) in [6, 6.07) is 12.4. The van der Waals surface area contributed by atoms with Crippen LogP contribution in [0.25, 0.3) is 5.82 Å². The Morgan fingerprint density at radius 1 is 1.17 bits per heavy atom. The molecule has 1 aliphatic rings. The van der Waals surface area contributed by atoms with Crippen LogP contribution in [0, 0.1) is 5.92 Å². The average molecular weight is 424 g/mol. The van der Waals surface area contributed by atoms with E-state index < -0.39 is 0 Å². The quantitative estimate of drug-likeness (QED) is 0.683. The van der Waals surface area contributed by atoms with Crippen LogP contribution in [0.2, 0.25) is 5.02 Å². The molecule has 1 aliphatic heterocycles. The lowest BCUT2D eigenvalue weighted by Crippen LogP contribution is -2.45. The molecule has 3 aromatic rings. The molecule has 1 atom stereocenters. The third kappa shape index (κ3) is 4.68. The number of amides is 2. The molecule has 2 amide bonds. The second-order valence-corrected chi connectivity index (χ2v) is 7.72. The Kier molecular flexibility index (Phi) is 6.09. The number of hydrogen-bond acceptors (Lipinski definition) is 4. The second-order valence-electron chi connectivity index (χ2n) is 7.29. The van der Waals surface area contributed by atoms with E-state index in [-0.39, 0.29) is 17.7 Å². The van der Waals surface area contributed by atoms with Crippen molar-refractivity contribution in [2.75, 3.05) is 13.1 Å². The highest BCUT2D eigenvalue weighted by Crippen LogP contribution is 2.20. The van der Waals surface area contributed by atoms with Crippen LogP contribution >= 0.6 is 11.6 Å². The Bertz CT molecular complexity index is 1020. The van der Waals surface area contributed by atoms with Gasteiger partial charge < -0.3 is 10.2 Å². The maximum Gasteiger partial charge on any atom is 0.253 e. The maximum atomic E-state index is 12.7. The summed E-state index contributed by atoms with van der Waals surface area (Å²) in [6.07, 6.45) is 6.78. The standard InChI is InChI=1S/C22H22ClN5O2/c23-19-6-4-17(5-7-19)22(30)27-11-1-3-18(15-27)21(29)25-14-16-8-10-24-20(13-16)28-12-2-9-26-28/h2,4-10,12-13,18H,1,3,11,14-15H2,(H,25,29). The number of benzene rings is 1. The van der Waals surface area contributed by atoms with Crippen molar-refractivity contribution in [2.24, 2.45) is 5.92 Å². The molecular formula is C22H22ClN5O2. The van der Waals surface area contributed by atoms with Crippen LogP contribution in [0.3, 0.4) is 0 Å². The molecule has 1 unspecified atom stereocenters. The van der Waals surface area contributed by atoms with Crippen molar-refractivity contribution in [1.29, 1.82) is 0 Å².